The van der Waals surface area contributed by atoms with Crippen molar-refractivity contribution < 1.29 is 9.59 Å². The van der Waals surface area contributed by atoms with Crippen molar-refractivity contribution in [3.05, 3.63) is 29.7 Å². The highest BCUT2D eigenvalue weighted by Crippen LogP contribution is 2.17. The summed E-state index contributed by atoms with van der Waals surface area (Å²) in [4.78, 5) is 38.6. The number of carbonyl (C=O) groups excluding carboxylic acids is 2. The van der Waals surface area contributed by atoms with Crippen LogP contribution in [0.4, 0.5) is 5.82 Å². The number of nitrogens with zero attached hydrogens (tertiary/aromatic N) is 5. The first-order chi connectivity index (χ1) is 15.8. The molecule has 2 amide bonds. The second kappa shape index (κ2) is 15.8. The molecular weight excluding hydrogens is 416 g/mol. The second-order valence-corrected chi connectivity index (χ2v) is 8.26. The van der Waals surface area contributed by atoms with E-state index < -0.39 is 0 Å². The molecule has 8 nitrogen and oxygen atoms in total. The largest absolute Gasteiger partial charge is 0.355 e. The normalized spacial score (nSPS) is 10.8. The number of anilines is 1. The average molecular weight is 457 g/mol. The number of unbranched alkanes of at least 4 members (excludes halogenated alkanes) is 1. The Hall–Kier alpha value is -2.92. The number of carbonyl (C=O) groups is 2. The summed E-state index contributed by atoms with van der Waals surface area (Å²) in [7, 11) is 5.48. The maximum Gasteiger partial charge on any atom is 0.246 e. The van der Waals surface area contributed by atoms with Crippen LogP contribution in [0.1, 0.15) is 50.9 Å². The van der Waals surface area contributed by atoms with Gasteiger partial charge in [0, 0.05) is 51.9 Å². The number of amides is 2. The number of rotatable bonds is 13. The van der Waals surface area contributed by atoms with Gasteiger partial charge in [-0.3, -0.25) is 9.59 Å². The predicted octanol–water partition coefficient (Wildman–Crippen LogP) is 2.24. The Morgan fingerprint density at radius 2 is 1.85 bits per heavy atom. The van der Waals surface area contributed by atoms with E-state index in [1.54, 1.807) is 19.3 Å². The van der Waals surface area contributed by atoms with Crippen LogP contribution in [0.3, 0.4) is 0 Å². The molecule has 8 heteroatoms. The van der Waals surface area contributed by atoms with Crippen LogP contribution >= 0.6 is 0 Å². The molecule has 0 atom stereocenters. The molecule has 0 unspecified atom stereocenters. The van der Waals surface area contributed by atoms with E-state index in [-0.39, 0.29) is 18.4 Å². The van der Waals surface area contributed by atoms with Crippen molar-refractivity contribution in [3.8, 4) is 11.8 Å². The third kappa shape index (κ3) is 11.5. The van der Waals surface area contributed by atoms with Crippen LogP contribution in [-0.4, -0.2) is 85.4 Å². The maximum atomic E-state index is 12.1. The highest BCUT2D eigenvalue weighted by Gasteiger charge is 2.12. The van der Waals surface area contributed by atoms with Gasteiger partial charge in [0.15, 0.2) is 0 Å². The summed E-state index contributed by atoms with van der Waals surface area (Å²) in [5, 5.41) is 2.85. The molecule has 0 fully saturated rings. The molecule has 1 rings (SSSR count). The first kappa shape index (κ1) is 28.1. The number of aryl methyl sites for hydroxylation is 1. The molecule has 0 aliphatic rings. The minimum Gasteiger partial charge on any atom is -0.355 e. The van der Waals surface area contributed by atoms with E-state index >= 15 is 0 Å². The lowest BCUT2D eigenvalue weighted by molar-refractivity contribution is -0.131. The minimum absolute atomic E-state index is 0.0333. The number of nitrogens with one attached hydrogen (secondary N) is 1. The molecular formula is C25H40N6O2. The Morgan fingerprint density at radius 1 is 1.15 bits per heavy atom. The highest BCUT2D eigenvalue weighted by molar-refractivity contribution is 5.91. The molecule has 0 bridgehead atoms. The fourth-order valence-corrected chi connectivity index (χ4v) is 3.05. The van der Waals surface area contributed by atoms with E-state index in [1.807, 2.05) is 25.9 Å². The van der Waals surface area contributed by atoms with Crippen LogP contribution in [0, 0.1) is 18.8 Å². The van der Waals surface area contributed by atoms with Crippen molar-refractivity contribution in [2.24, 2.45) is 0 Å². The molecule has 0 saturated heterocycles. The lowest BCUT2D eigenvalue weighted by atomic mass is 10.2. The number of aromatic nitrogens is 2. The SMILES string of the molecule is CCCN(CCC)c1nc(C)ncc1C#CCCCNC(=O)CN(C)C(=O)/C=C/CN(C)C. The minimum atomic E-state index is -0.186. The van der Waals surface area contributed by atoms with Crippen molar-refractivity contribution in [1.29, 1.82) is 0 Å². The molecule has 0 aliphatic heterocycles. The summed E-state index contributed by atoms with van der Waals surface area (Å²) in [5.74, 6) is 7.67. The van der Waals surface area contributed by atoms with E-state index in [1.165, 1.54) is 11.0 Å². The maximum absolute atomic E-state index is 12.1. The quantitative estimate of drug-likeness (QED) is 0.279. The smallest absolute Gasteiger partial charge is 0.246 e. The summed E-state index contributed by atoms with van der Waals surface area (Å²) in [5.41, 5.74) is 0.842. The van der Waals surface area contributed by atoms with Crippen molar-refractivity contribution in [2.45, 2.75) is 46.5 Å². The third-order valence-corrected chi connectivity index (χ3v) is 4.69. The molecule has 0 radical (unpaired) electrons. The van der Waals surface area contributed by atoms with Gasteiger partial charge in [-0.1, -0.05) is 31.8 Å². The summed E-state index contributed by atoms with van der Waals surface area (Å²) in [6.07, 6.45) is 8.54. The van der Waals surface area contributed by atoms with E-state index in [9.17, 15) is 9.59 Å². The highest BCUT2D eigenvalue weighted by atomic mass is 16.2. The zero-order valence-corrected chi connectivity index (χ0v) is 21.1. The Bertz CT molecular complexity index is 835. The average Bonchev–Trinajstić information content (AvgIpc) is 2.76. The standard InChI is InChI=1S/C25H40N6O2/c1-7-16-31(17-8-2)25-22(19-27-21(3)28-25)13-10-9-11-15-26-23(32)20-30(6)24(33)14-12-18-29(4)5/h12,14,19H,7-9,11,15-18,20H2,1-6H3,(H,26,32)/b14-12+. The number of likely N-dealkylation sites (N-methyl/N-ethyl adjacent to an activating group) is 2. The predicted molar refractivity (Wildman–Crippen MR) is 134 cm³/mol. The van der Waals surface area contributed by atoms with Crippen molar-refractivity contribution in [3.63, 3.8) is 0 Å². The first-order valence-corrected chi connectivity index (χ1v) is 11.7. The Kier molecular flexibility index (Phi) is 13.5. The molecule has 1 aromatic rings. The van der Waals surface area contributed by atoms with Gasteiger partial charge in [0.2, 0.25) is 11.8 Å². The van der Waals surface area contributed by atoms with Crippen LogP contribution < -0.4 is 10.2 Å². The topological polar surface area (TPSA) is 81.7 Å². The zero-order valence-electron chi connectivity index (χ0n) is 21.1. The fourth-order valence-electron chi connectivity index (χ4n) is 3.05. The molecule has 1 heterocycles. The van der Waals surface area contributed by atoms with Crippen LogP contribution in [0.15, 0.2) is 18.3 Å². The molecule has 1 N–H and O–H groups in total. The molecule has 0 aromatic carbocycles. The number of hydrogen-bond donors (Lipinski definition) is 1. The Balaban J connectivity index is 2.50. The monoisotopic (exact) mass is 456 g/mol. The zero-order chi connectivity index (χ0) is 24.6. The van der Waals surface area contributed by atoms with Crippen molar-refractivity contribution in [1.82, 2.24) is 25.1 Å². The van der Waals surface area contributed by atoms with Gasteiger partial charge < -0.3 is 20.0 Å². The van der Waals surface area contributed by atoms with E-state index in [0.717, 1.165) is 49.6 Å². The molecule has 0 aliphatic carbocycles. The van der Waals surface area contributed by atoms with Gasteiger partial charge in [0.1, 0.15) is 11.6 Å². The summed E-state index contributed by atoms with van der Waals surface area (Å²) in [6.45, 7) is 9.31. The lowest BCUT2D eigenvalue weighted by Crippen LogP contribution is -2.38. The van der Waals surface area contributed by atoms with Gasteiger partial charge in [-0.2, -0.15) is 0 Å². The van der Waals surface area contributed by atoms with Gasteiger partial charge in [0.05, 0.1) is 12.1 Å². The first-order valence-electron chi connectivity index (χ1n) is 11.7. The van der Waals surface area contributed by atoms with Crippen LogP contribution in [0.2, 0.25) is 0 Å². The molecule has 1 aromatic heterocycles. The summed E-state index contributed by atoms with van der Waals surface area (Å²) >= 11 is 0. The molecule has 0 saturated carbocycles. The fraction of sp³-hybridized carbons (Fsp3) is 0.600. The van der Waals surface area contributed by atoms with E-state index in [2.05, 4.69) is 45.9 Å². The second-order valence-electron chi connectivity index (χ2n) is 8.26. The molecule has 0 spiro atoms. The summed E-state index contributed by atoms with van der Waals surface area (Å²) in [6, 6.07) is 0. The van der Waals surface area contributed by atoms with E-state index in [4.69, 9.17) is 0 Å². The summed E-state index contributed by atoms with van der Waals surface area (Å²) < 4.78 is 0. The van der Waals surface area contributed by atoms with Gasteiger partial charge in [-0.05, 0) is 40.3 Å². The van der Waals surface area contributed by atoms with Gasteiger partial charge >= 0.3 is 0 Å². The van der Waals surface area contributed by atoms with Crippen LogP contribution in [0.25, 0.3) is 0 Å². The Morgan fingerprint density at radius 3 is 2.48 bits per heavy atom. The number of hydrogen-bond acceptors (Lipinski definition) is 6. The van der Waals surface area contributed by atoms with Crippen molar-refractivity contribution >= 4 is 17.6 Å². The lowest BCUT2D eigenvalue weighted by Gasteiger charge is -2.23. The van der Waals surface area contributed by atoms with Gasteiger partial charge in [-0.15, -0.1) is 0 Å². The van der Waals surface area contributed by atoms with Gasteiger partial charge in [-0.25, -0.2) is 9.97 Å². The van der Waals surface area contributed by atoms with Gasteiger partial charge in [0.25, 0.3) is 0 Å². The third-order valence-electron chi connectivity index (χ3n) is 4.69. The van der Waals surface area contributed by atoms with Crippen molar-refractivity contribution in [2.75, 3.05) is 58.8 Å². The van der Waals surface area contributed by atoms with Crippen LogP contribution in [-0.2, 0) is 9.59 Å². The van der Waals surface area contributed by atoms with Crippen LogP contribution in [0.5, 0.6) is 0 Å². The molecule has 33 heavy (non-hydrogen) atoms. The van der Waals surface area contributed by atoms with E-state index in [0.29, 0.717) is 19.5 Å². The Labute approximate surface area is 199 Å². The molecule has 182 valence electrons.